The van der Waals surface area contributed by atoms with Gasteiger partial charge in [-0.1, -0.05) is 303 Å². The Bertz CT molecular complexity index is 4480. The third-order valence-electron chi connectivity index (χ3n) is 25.8. The molecule has 6 aromatic rings. The van der Waals surface area contributed by atoms with Crippen molar-refractivity contribution in [3.8, 4) is 0 Å². The zero-order valence-corrected chi connectivity index (χ0v) is 79.7. The van der Waals surface area contributed by atoms with Gasteiger partial charge < -0.3 is 0 Å². The number of rotatable bonds is 8. The third kappa shape index (κ3) is 26.5. The molecular formula is C108H174Si. The molecule has 4 saturated carbocycles. The Balaban J connectivity index is 0.000000259. The monoisotopic (exact) mass is 1510 g/mol. The summed E-state index contributed by atoms with van der Waals surface area (Å²) in [5.74, 6) is 1.67. The summed E-state index contributed by atoms with van der Waals surface area (Å²) in [6.45, 7) is 86.4. The van der Waals surface area contributed by atoms with Gasteiger partial charge in [-0.2, -0.15) is 0 Å². The van der Waals surface area contributed by atoms with Crippen LogP contribution in [0.2, 0.25) is 19.6 Å². The smallest absolute Gasteiger partial charge is 0.0656 e. The summed E-state index contributed by atoms with van der Waals surface area (Å²) in [4.78, 5) is 0. The summed E-state index contributed by atoms with van der Waals surface area (Å²) < 4.78 is 103. The largest absolute Gasteiger partial charge is 0.0776 e. The fourth-order valence-electron chi connectivity index (χ4n) is 17.0. The molecule has 1 heteroatoms. The van der Waals surface area contributed by atoms with Crippen molar-refractivity contribution >= 4 is 13.3 Å². The van der Waals surface area contributed by atoms with Gasteiger partial charge in [0.05, 0.1) is 24.5 Å². The lowest BCUT2D eigenvalue weighted by molar-refractivity contribution is 0.224. The van der Waals surface area contributed by atoms with Gasteiger partial charge in [-0.25, -0.2) is 0 Å². The van der Waals surface area contributed by atoms with Crippen LogP contribution in [-0.4, -0.2) is 8.07 Å². The van der Waals surface area contributed by atoms with Crippen molar-refractivity contribution < 1.29 is 16.4 Å². The summed E-state index contributed by atoms with van der Waals surface area (Å²) >= 11 is 0. The van der Waals surface area contributed by atoms with Gasteiger partial charge in [-0.05, 0) is 373 Å². The number of hydrogen-bond acceptors (Lipinski definition) is 0. The van der Waals surface area contributed by atoms with E-state index in [1.807, 2.05) is 20.8 Å². The predicted octanol–water partition coefficient (Wildman–Crippen LogP) is 33.3. The minimum Gasteiger partial charge on any atom is -0.0656 e. The molecule has 0 atom stereocenters. The molecule has 0 aromatic heterocycles. The van der Waals surface area contributed by atoms with Crippen molar-refractivity contribution in [2.75, 3.05) is 0 Å². The highest BCUT2D eigenvalue weighted by molar-refractivity contribution is 6.88. The van der Waals surface area contributed by atoms with Crippen molar-refractivity contribution in [2.24, 2.45) is 10.8 Å². The van der Waals surface area contributed by atoms with Crippen LogP contribution < -0.4 is 5.19 Å². The summed E-state index contributed by atoms with van der Waals surface area (Å²) in [5, 5.41) is 1.01. The van der Waals surface area contributed by atoms with Crippen LogP contribution in [-0.2, 0) is 37.9 Å². The van der Waals surface area contributed by atoms with Gasteiger partial charge in [0, 0.05) is 0 Å². The second-order valence-corrected chi connectivity index (χ2v) is 48.9. The molecule has 4 aliphatic carbocycles. The highest BCUT2D eigenvalue weighted by atomic mass is 28.3. The second kappa shape index (κ2) is 37.4. The molecule has 6 aromatic carbocycles. The molecule has 0 nitrogen and oxygen atoms in total. The second-order valence-electron chi connectivity index (χ2n) is 43.9. The summed E-state index contributed by atoms with van der Waals surface area (Å²) in [6, 6.07) is 7.48. The van der Waals surface area contributed by atoms with Gasteiger partial charge in [0.1, 0.15) is 0 Å². The van der Waals surface area contributed by atoms with Crippen LogP contribution in [0.4, 0.5) is 0 Å². The maximum absolute atomic E-state index is 8.80. The Morgan fingerprint density at radius 3 is 0.743 bits per heavy atom. The molecule has 4 fully saturated rings. The van der Waals surface area contributed by atoms with E-state index < -0.39 is 8.07 Å². The van der Waals surface area contributed by atoms with Crippen LogP contribution in [0.25, 0.3) is 0 Å². The van der Waals surface area contributed by atoms with E-state index in [-0.39, 0.29) is 37.9 Å². The van der Waals surface area contributed by atoms with Crippen LogP contribution in [0, 0.1) is 93.9 Å². The first-order chi connectivity index (χ1) is 54.8. The van der Waals surface area contributed by atoms with Crippen molar-refractivity contribution in [3.05, 3.63) is 200 Å². The van der Waals surface area contributed by atoms with Gasteiger partial charge in [0.15, 0.2) is 0 Å². The van der Waals surface area contributed by atoms with Gasteiger partial charge in [-0.15, -0.1) is 0 Å². The molecule has 0 amide bonds. The number of benzene rings is 6. The standard InChI is InChI=1S/2C20H32.C18H28.C18H30.C17H26.C15H26Si/c2*1-14-12-17(13-18(15(14)2)19(3,4)5)16-8-10-20(6,7)11-9-16;1-13-11-16(15-9-7-6-8-10-15)12-17(14(13)2)18(3,4)5;1-9-18(8,10-2)15-11-13(3)14(4)16(12-15)17(5,6)7;1-12-10-15(14-8-6-7-9-14)11-16(13(12)2)17(3,4)5;1-11-9-13(16(6,7)8)10-14(12(11)2)15(3,4)5/h2*12-13,16H,8-11H2,1-7H3;11-12,15H,6-10H2,1-5H3;11-12H,9-10H2,1-8H3;10-11,14H,6-9H2,1-5H3;9-10H,1-8H3/i2*12D,13D;2*11D,12D;10D,11D;9D,10D. The normalized spacial score (nSPS) is 18.7. The Morgan fingerprint density at radius 2 is 0.505 bits per heavy atom. The van der Waals surface area contributed by atoms with Crippen LogP contribution in [0.15, 0.2) is 72.5 Å². The zero-order valence-electron chi connectivity index (χ0n) is 90.7. The number of hydrogen-bond donors (Lipinski definition) is 0. The predicted molar refractivity (Wildman–Crippen MR) is 496 cm³/mol. The van der Waals surface area contributed by atoms with Crippen LogP contribution in [0.5, 0.6) is 0 Å². The minimum atomic E-state index is -1.66. The van der Waals surface area contributed by atoms with E-state index in [0.29, 0.717) is 107 Å². The first-order valence-corrected chi connectivity index (χ1v) is 47.0. The molecule has 10 rings (SSSR count). The Hall–Kier alpha value is -4.46. The Kier molecular flexibility index (Phi) is 26.5. The molecule has 0 saturated heterocycles. The van der Waals surface area contributed by atoms with Crippen molar-refractivity contribution in [2.45, 2.75) is 459 Å². The SMILES string of the molecule is [2H]c1c(C)c(C)c(C(C)(C)C)c([2H])c1C(C)(CC)CC.[2H]c1c(C)c(C)c(C(C)(C)C)c([2H])c1C1CCC(C)(C)CC1.[2H]c1c(C)c(C)c(C(C)(C)C)c([2H])c1C1CCC(C)(C)CC1.[2H]c1c(C)c(C)c(C(C)(C)C)c([2H])c1C1CCCC1.[2H]c1c(C)c(C)c(C(C)(C)C)c([2H])c1C1CCCCC1.[2H]c1c(C)c(C)c(C(C)(C)C)c([2H])c1[Si](C)(C)C. The molecule has 109 heavy (non-hydrogen) atoms. The van der Waals surface area contributed by atoms with Crippen molar-refractivity contribution in [1.82, 2.24) is 0 Å². The fraction of sp³-hybridized carbons (Fsp3) is 0.667. The molecule has 610 valence electrons. The van der Waals surface area contributed by atoms with Gasteiger partial charge in [0.2, 0.25) is 0 Å². The quantitative estimate of drug-likeness (QED) is 0.133. The topological polar surface area (TPSA) is 0 Å². The Labute approximate surface area is 696 Å². The molecule has 0 bridgehead atoms. The molecule has 0 aliphatic heterocycles. The van der Waals surface area contributed by atoms with E-state index in [1.54, 1.807) is 0 Å². The molecule has 0 unspecified atom stereocenters. The molecule has 0 spiro atoms. The summed E-state index contributed by atoms with van der Waals surface area (Å²) in [6.07, 6.45) is 22.2. The average Bonchev–Trinajstić information content (AvgIpc) is 1.10. The highest BCUT2D eigenvalue weighted by Gasteiger charge is 2.33. The van der Waals surface area contributed by atoms with Gasteiger partial charge >= 0.3 is 0 Å². The average molecular weight is 1510 g/mol. The van der Waals surface area contributed by atoms with Crippen LogP contribution >= 0.6 is 0 Å². The molecule has 0 radical (unpaired) electrons. The van der Waals surface area contributed by atoms with Crippen LogP contribution in [0.3, 0.4) is 0 Å². The van der Waals surface area contributed by atoms with E-state index in [4.69, 9.17) is 16.4 Å². The lowest BCUT2D eigenvalue weighted by Gasteiger charge is -2.35. The highest BCUT2D eigenvalue weighted by Crippen LogP contribution is 2.47. The van der Waals surface area contributed by atoms with Gasteiger partial charge in [0.25, 0.3) is 0 Å². The van der Waals surface area contributed by atoms with E-state index >= 15 is 0 Å². The first kappa shape index (κ1) is 77.1. The lowest BCUT2D eigenvalue weighted by Crippen LogP contribution is -2.39. The van der Waals surface area contributed by atoms with E-state index in [0.717, 1.165) is 197 Å². The van der Waals surface area contributed by atoms with Crippen LogP contribution in [0.1, 0.15) is 463 Å². The lowest BCUT2D eigenvalue weighted by atomic mass is 9.70. The summed E-state index contributed by atoms with van der Waals surface area (Å²) in [5.41, 5.74) is 25.5. The van der Waals surface area contributed by atoms with Crippen molar-refractivity contribution in [3.63, 3.8) is 0 Å². The molecular weight excluding hydrogens is 1330 g/mol. The Morgan fingerprint density at radius 1 is 0.294 bits per heavy atom. The molecule has 0 N–H and O–H groups in total. The minimum absolute atomic E-state index is 0.0209. The third-order valence-corrected chi connectivity index (χ3v) is 27.5. The van der Waals surface area contributed by atoms with E-state index in [2.05, 4.69) is 255 Å². The molecule has 4 aliphatic rings. The van der Waals surface area contributed by atoms with E-state index in [1.165, 1.54) is 57.8 Å². The zero-order chi connectivity index (χ0) is 93.5. The maximum atomic E-state index is 8.80. The summed E-state index contributed by atoms with van der Waals surface area (Å²) in [7, 11) is -1.66. The van der Waals surface area contributed by atoms with Crippen molar-refractivity contribution in [1.29, 1.82) is 0 Å². The first-order valence-electron chi connectivity index (χ1n) is 49.5. The molecule has 0 heterocycles. The fourth-order valence-corrected chi connectivity index (χ4v) is 18.1. The van der Waals surface area contributed by atoms with E-state index in [9.17, 15) is 0 Å². The van der Waals surface area contributed by atoms with Gasteiger partial charge in [-0.3, -0.25) is 0 Å². The maximum Gasteiger partial charge on any atom is 0.0776 e.